The summed E-state index contributed by atoms with van der Waals surface area (Å²) in [7, 11) is 0. The SMILES string of the molecule is Nc1c(N(CCCO)C(=O)COc2ccccc2Cl)c(=O)[nH]c(=O)n1Cc1ccccc1. The fourth-order valence-corrected chi connectivity index (χ4v) is 3.32. The molecule has 0 unspecified atom stereocenters. The zero-order chi connectivity index (χ0) is 23.1. The number of benzene rings is 2. The molecule has 3 aromatic rings. The number of H-pyrrole nitrogens is 1. The topological polar surface area (TPSA) is 131 Å². The molecule has 168 valence electrons. The lowest BCUT2D eigenvalue weighted by molar-refractivity contribution is -0.120. The maximum Gasteiger partial charge on any atom is 0.330 e. The van der Waals surface area contributed by atoms with Crippen LogP contribution in [0.4, 0.5) is 11.5 Å². The van der Waals surface area contributed by atoms with Crippen molar-refractivity contribution in [3.8, 4) is 5.75 Å². The molecule has 0 aliphatic rings. The highest BCUT2D eigenvalue weighted by atomic mass is 35.5. The molecule has 32 heavy (non-hydrogen) atoms. The predicted octanol–water partition coefficient (Wildman–Crippen LogP) is 1.61. The number of nitrogen functional groups attached to an aromatic ring is 1. The van der Waals surface area contributed by atoms with Crippen molar-refractivity contribution in [3.63, 3.8) is 0 Å². The van der Waals surface area contributed by atoms with Gasteiger partial charge >= 0.3 is 5.69 Å². The van der Waals surface area contributed by atoms with Gasteiger partial charge in [-0.25, -0.2) is 4.79 Å². The lowest BCUT2D eigenvalue weighted by atomic mass is 10.2. The van der Waals surface area contributed by atoms with Gasteiger partial charge in [0.1, 0.15) is 11.6 Å². The quantitative estimate of drug-likeness (QED) is 0.446. The van der Waals surface area contributed by atoms with Crippen LogP contribution in [0.1, 0.15) is 12.0 Å². The Labute approximate surface area is 188 Å². The van der Waals surface area contributed by atoms with Crippen molar-refractivity contribution in [2.24, 2.45) is 0 Å². The van der Waals surface area contributed by atoms with Gasteiger partial charge in [-0.2, -0.15) is 0 Å². The lowest BCUT2D eigenvalue weighted by Gasteiger charge is -2.24. The summed E-state index contributed by atoms with van der Waals surface area (Å²) >= 11 is 6.06. The molecule has 4 N–H and O–H groups in total. The first-order valence-corrected chi connectivity index (χ1v) is 10.2. The molecule has 0 saturated carbocycles. The number of aliphatic hydroxyl groups excluding tert-OH is 1. The van der Waals surface area contributed by atoms with E-state index in [1.54, 1.807) is 24.3 Å². The molecule has 0 radical (unpaired) electrons. The second-order valence-electron chi connectivity index (χ2n) is 6.91. The summed E-state index contributed by atoms with van der Waals surface area (Å²) in [5.41, 5.74) is 5.31. The Morgan fingerprint density at radius 2 is 1.81 bits per heavy atom. The molecular formula is C22H23ClN4O5. The maximum atomic E-state index is 13.0. The number of aromatic amines is 1. The van der Waals surface area contributed by atoms with Gasteiger partial charge in [0.15, 0.2) is 12.3 Å². The number of nitrogens with one attached hydrogen (secondary N) is 1. The molecule has 0 bridgehead atoms. The number of halogens is 1. The van der Waals surface area contributed by atoms with E-state index >= 15 is 0 Å². The number of aliphatic hydroxyl groups is 1. The summed E-state index contributed by atoms with van der Waals surface area (Å²) in [6, 6.07) is 15.7. The van der Waals surface area contributed by atoms with E-state index in [0.717, 1.165) is 10.5 Å². The molecule has 0 aliphatic heterocycles. The Morgan fingerprint density at radius 1 is 1.12 bits per heavy atom. The van der Waals surface area contributed by atoms with Crippen LogP contribution in [0.2, 0.25) is 5.02 Å². The molecule has 1 amide bonds. The second kappa shape index (κ2) is 10.7. The van der Waals surface area contributed by atoms with Gasteiger partial charge in [-0.1, -0.05) is 54.1 Å². The van der Waals surface area contributed by atoms with Gasteiger partial charge in [-0.3, -0.25) is 19.1 Å². The van der Waals surface area contributed by atoms with Crippen LogP contribution in [0, 0.1) is 0 Å². The smallest absolute Gasteiger partial charge is 0.330 e. The Hall–Kier alpha value is -3.56. The fraction of sp³-hybridized carbons (Fsp3) is 0.227. The number of amides is 1. The number of nitrogens with zero attached hydrogens (tertiary/aromatic N) is 2. The van der Waals surface area contributed by atoms with Crippen molar-refractivity contribution in [3.05, 3.63) is 86.0 Å². The van der Waals surface area contributed by atoms with E-state index in [0.29, 0.717) is 10.8 Å². The average Bonchev–Trinajstić information content (AvgIpc) is 2.78. The van der Waals surface area contributed by atoms with Crippen LogP contribution in [0.15, 0.2) is 64.2 Å². The molecule has 0 saturated heterocycles. The van der Waals surface area contributed by atoms with Crippen molar-refractivity contribution in [2.45, 2.75) is 13.0 Å². The minimum Gasteiger partial charge on any atom is -0.482 e. The third kappa shape index (κ3) is 5.37. The monoisotopic (exact) mass is 458 g/mol. The van der Waals surface area contributed by atoms with E-state index in [1.165, 1.54) is 4.57 Å². The van der Waals surface area contributed by atoms with Gasteiger partial charge in [-0.05, 0) is 24.1 Å². The summed E-state index contributed by atoms with van der Waals surface area (Å²) in [6.45, 7) is -0.534. The van der Waals surface area contributed by atoms with Crippen LogP contribution in [-0.2, 0) is 11.3 Å². The summed E-state index contributed by atoms with van der Waals surface area (Å²) in [5.74, 6) is -0.437. The van der Waals surface area contributed by atoms with Crippen LogP contribution < -0.4 is 26.6 Å². The third-order valence-corrected chi connectivity index (χ3v) is 5.01. The highest BCUT2D eigenvalue weighted by Crippen LogP contribution is 2.24. The molecule has 9 nitrogen and oxygen atoms in total. The molecule has 1 aromatic heterocycles. The average molecular weight is 459 g/mol. The largest absolute Gasteiger partial charge is 0.482 e. The third-order valence-electron chi connectivity index (χ3n) is 4.70. The van der Waals surface area contributed by atoms with Gasteiger partial charge in [0.2, 0.25) is 0 Å². The second-order valence-corrected chi connectivity index (χ2v) is 7.31. The van der Waals surface area contributed by atoms with E-state index in [-0.39, 0.29) is 37.6 Å². The minimum absolute atomic E-state index is 0.00195. The zero-order valence-corrected chi connectivity index (χ0v) is 17.9. The number of carbonyl (C=O) groups excluding carboxylic acids is 1. The summed E-state index contributed by atoms with van der Waals surface area (Å²) in [4.78, 5) is 41.4. The van der Waals surface area contributed by atoms with E-state index in [1.807, 2.05) is 30.3 Å². The number of anilines is 2. The first-order chi connectivity index (χ1) is 15.4. The molecule has 0 fully saturated rings. The Morgan fingerprint density at radius 3 is 2.50 bits per heavy atom. The summed E-state index contributed by atoms with van der Waals surface area (Å²) in [6.07, 6.45) is 0.189. The predicted molar refractivity (Wildman–Crippen MR) is 122 cm³/mol. The van der Waals surface area contributed by atoms with Crippen molar-refractivity contribution in [1.82, 2.24) is 9.55 Å². The zero-order valence-electron chi connectivity index (χ0n) is 17.2. The summed E-state index contributed by atoms with van der Waals surface area (Å²) in [5, 5.41) is 9.59. The summed E-state index contributed by atoms with van der Waals surface area (Å²) < 4.78 is 6.68. The number of nitrogens with two attached hydrogens (primary N) is 1. The number of ether oxygens (including phenoxy) is 1. The van der Waals surface area contributed by atoms with Crippen LogP contribution in [0.5, 0.6) is 5.75 Å². The fourth-order valence-electron chi connectivity index (χ4n) is 3.13. The van der Waals surface area contributed by atoms with Gasteiger partial charge < -0.3 is 20.5 Å². The number of rotatable bonds is 9. The van der Waals surface area contributed by atoms with Crippen molar-refractivity contribution >= 4 is 29.0 Å². The number of hydrogen-bond acceptors (Lipinski definition) is 6. The Bertz CT molecular complexity index is 1190. The van der Waals surface area contributed by atoms with E-state index in [2.05, 4.69) is 4.98 Å². The maximum absolute atomic E-state index is 13.0. The van der Waals surface area contributed by atoms with Crippen molar-refractivity contribution < 1.29 is 14.6 Å². The van der Waals surface area contributed by atoms with Crippen molar-refractivity contribution in [2.75, 3.05) is 30.4 Å². The van der Waals surface area contributed by atoms with Gasteiger partial charge in [0.05, 0.1) is 11.6 Å². The van der Waals surface area contributed by atoms with Gasteiger partial charge in [-0.15, -0.1) is 0 Å². The van der Waals surface area contributed by atoms with Gasteiger partial charge in [0, 0.05) is 13.2 Å². The van der Waals surface area contributed by atoms with Gasteiger partial charge in [0.25, 0.3) is 11.5 Å². The van der Waals surface area contributed by atoms with Crippen LogP contribution in [0.3, 0.4) is 0 Å². The lowest BCUT2D eigenvalue weighted by Crippen LogP contribution is -2.43. The van der Waals surface area contributed by atoms with E-state index < -0.39 is 23.8 Å². The molecule has 10 heteroatoms. The Balaban J connectivity index is 1.94. The number of hydrogen-bond donors (Lipinski definition) is 3. The molecule has 1 heterocycles. The molecular weight excluding hydrogens is 436 g/mol. The van der Waals surface area contributed by atoms with Crippen molar-refractivity contribution in [1.29, 1.82) is 0 Å². The number of carbonyl (C=O) groups is 1. The highest BCUT2D eigenvalue weighted by molar-refractivity contribution is 6.32. The van der Waals surface area contributed by atoms with Crippen LogP contribution >= 0.6 is 11.6 Å². The molecule has 2 aromatic carbocycles. The minimum atomic E-state index is -0.805. The first-order valence-electron chi connectivity index (χ1n) is 9.87. The normalized spacial score (nSPS) is 10.7. The number of para-hydroxylation sites is 1. The standard InChI is InChI=1S/C22H23ClN4O5/c23-16-9-4-5-10-17(16)32-14-18(29)26(11-6-12-28)19-20(24)27(22(31)25-21(19)30)13-15-7-2-1-3-8-15/h1-5,7-10,28H,6,11-14,24H2,(H,25,30,31). The molecule has 0 spiro atoms. The number of aromatic nitrogens is 2. The Kier molecular flexibility index (Phi) is 7.69. The highest BCUT2D eigenvalue weighted by Gasteiger charge is 2.24. The van der Waals surface area contributed by atoms with Crippen LogP contribution in [-0.4, -0.2) is 40.3 Å². The van der Waals surface area contributed by atoms with Crippen LogP contribution in [0.25, 0.3) is 0 Å². The molecule has 0 aliphatic carbocycles. The van der Waals surface area contributed by atoms with E-state index in [4.69, 9.17) is 22.1 Å². The molecule has 3 rings (SSSR count). The molecule has 0 atom stereocenters. The first kappa shape index (κ1) is 23.1. The van der Waals surface area contributed by atoms with E-state index in [9.17, 15) is 19.5 Å².